The molecule has 6 nitrogen and oxygen atoms in total. The first-order chi connectivity index (χ1) is 11.5. The van der Waals surface area contributed by atoms with Crippen LogP contribution in [0.15, 0.2) is 47.6 Å². The van der Waals surface area contributed by atoms with Gasteiger partial charge in [0, 0.05) is 5.02 Å². The van der Waals surface area contributed by atoms with Crippen LogP contribution in [0.2, 0.25) is 10.0 Å². The van der Waals surface area contributed by atoms with E-state index in [4.69, 9.17) is 33.0 Å². The molecule has 2 rings (SSSR count). The predicted octanol–water partition coefficient (Wildman–Crippen LogP) is 3.22. The summed E-state index contributed by atoms with van der Waals surface area (Å²) in [5, 5.41) is 13.3. The number of carbonyl (C=O) groups excluding carboxylic acids is 1. The molecule has 8 heteroatoms. The molecule has 0 atom stereocenters. The highest BCUT2D eigenvalue weighted by Crippen LogP contribution is 2.27. The Bertz CT molecular complexity index is 776. The van der Waals surface area contributed by atoms with Crippen LogP contribution in [0.1, 0.15) is 15.9 Å². The molecule has 0 aliphatic heterocycles. The van der Waals surface area contributed by atoms with E-state index in [0.29, 0.717) is 21.4 Å². The topological polar surface area (TPSA) is 88.0 Å². The highest BCUT2D eigenvalue weighted by molar-refractivity contribution is 6.35. The molecule has 0 radical (unpaired) electrons. The number of nitrogens with one attached hydrogen (secondary N) is 1. The number of ether oxygens (including phenoxy) is 1. The zero-order valence-corrected chi connectivity index (χ0v) is 13.7. The van der Waals surface area contributed by atoms with E-state index in [9.17, 15) is 9.59 Å². The highest BCUT2D eigenvalue weighted by atomic mass is 35.5. The van der Waals surface area contributed by atoms with E-state index in [0.717, 1.165) is 0 Å². The molecular formula is C16H12Cl2N2O4. The molecule has 0 heterocycles. The van der Waals surface area contributed by atoms with Crippen LogP contribution in [0.3, 0.4) is 0 Å². The number of carbonyl (C=O) groups is 2. The standard InChI is InChI=1S/C16H12Cl2N2O4/c17-12-5-6-14(13(18)7-12)24-9-15(21)20-19-8-10-1-3-11(4-2-10)16(22)23/h1-8H,9H2,(H,20,21)(H,22,23). The second-order valence-corrected chi connectivity index (χ2v) is 5.43. The largest absolute Gasteiger partial charge is 0.482 e. The van der Waals surface area contributed by atoms with Gasteiger partial charge in [0.15, 0.2) is 6.61 Å². The average molecular weight is 367 g/mol. The number of halogens is 2. The van der Waals surface area contributed by atoms with E-state index >= 15 is 0 Å². The van der Waals surface area contributed by atoms with Crippen molar-refractivity contribution in [2.75, 3.05) is 6.61 Å². The Hall–Kier alpha value is -2.57. The number of benzene rings is 2. The second kappa shape index (κ2) is 8.33. The summed E-state index contributed by atoms with van der Waals surface area (Å²) >= 11 is 11.7. The van der Waals surface area contributed by atoms with E-state index in [-0.39, 0.29) is 12.2 Å². The van der Waals surface area contributed by atoms with Crippen LogP contribution in [0.5, 0.6) is 5.75 Å². The maximum Gasteiger partial charge on any atom is 0.335 e. The molecule has 0 aliphatic carbocycles. The third kappa shape index (κ3) is 5.26. The molecule has 0 spiro atoms. The van der Waals surface area contributed by atoms with Gasteiger partial charge in [-0.25, -0.2) is 10.2 Å². The van der Waals surface area contributed by atoms with Crippen molar-refractivity contribution in [2.24, 2.45) is 5.10 Å². The van der Waals surface area contributed by atoms with E-state index in [1.54, 1.807) is 24.3 Å². The van der Waals surface area contributed by atoms with Crippen molar-refractivity contribution < 1.29 is 19.4 Å². The predicted molar refractivity (Wildman–Crippen MR) is 91.1 cm³/mol. The molecular weight excluding hydrogens is 355 g/mol. The van der Waals surface area contributed by atoms with Gasteiger partial charge >= 0.3 is 5.97 Å². The van der Waals surface area contributed by atoms with Crippen LogP contribution in [0.4, 0.5) is 0 Å². The zero-order chi connectivity index (χ0) is 17.5. The van der Waals surface area contributed by atoms with Gasteiger partial charge in [0.05, 0.1) is 16.8 Å². The maximum atomic E-state index is 11.6. The van der Waals surface area contributed by atoms with E-state index in [1.807, 2.05) is 0 Å². The number of hydrogen-bond donors (Lipinski definition) is 2. The van der Waals surface area contributed by atoms with Gasteiger partial charge in [0.25, 0.3) is 5.91 Å². The Morgan fingerprint density at radius 3 is 2.50 bits per heavy atom. The van der Waals surface area contributed by atoms with Gasteiger partial charge in [-0.1, -0.05) is 35.3 Å². The van der Waals surface area contributed by atoms with Crippen molar-refractivity contribution in [1.82, 2.24) is 5.43 Å². The lowest BCUT2D eigenvalue weighted by atomic mass is 10.1. The Kier molecular flexibility index (Phi) is 6.17. The molecule has 0 saturated heterocycles. The summed E-state index contributed by atoms with van der Waals surface area (Å²) in [7, 11) is 0. The lowest BCUT2D eigenvalue weighted by Crippen LogP contribution is -2.24. The number of hydrazone groups is 1. The smallest absolute Gasteiger partial charge is 0.335 e. The van der Waals surface area contributed by atoms with E-state index in [2.05, 4.69) is 10.5 Å². The average Bonchev–Trinajstić information content (AvgIpc) is 2.54. The lowest BCUT2D eigenvalue weighted by molar-refractivity contribution is -0.123. The molecule has 24 heavy (non-hydrogen) atoms. The molecule has 0 aromatic heterocycles. The Balaban J connectivity index is 1.83. The molecule has 0 unspecified atom stereocenters. The number of nitrogens with zero attached hydrogens (tertiary/aromatic N) is 1. The fourth-order valence-electron chi connectivity index (χ4n) is 1.66. The summed E-state index contributed by atoms with van der Waals surface area (Å²) in [5.41, 5.74) is 3.10. The van der Waals surface area contributed by atoms with Gasteiger partial charge in [-0.2, -0.15) is 5.10 Å². The molecule has 2 N–H and O–H groups in total. The molecule has 0 saturated carbocycles. The fourth-order valence-corrected chi connectivity index (χ4v) is 2.12. The van der Waals surface area contributed by atoms with Crippen molar-refractivity contribution in [3.8, 4) is 5.75 Å². The molecule has 2 aromatic carbocycles. The minimum Gasteiger partial charge on any atom is -0.482 e. The number of carboxylic acid groups (broad SMARTS) is 1. The van der Waals surface area contributed by atoms with Gasteiger partial charge in [-0.3, -0.25) is 4.79 Å². The molecule has 0 bridgehead atoms. The normalized spacial score (nSPS) is 10.6. The van der Waals surface area contributed by atoms with Crippen molar-refractivity contribution in [2.45, 2.75) is 0 Å². The highest BCUT2D eigenvalue weighted by Gasteiger charge is 2.06. The van der Waals surface area contributed by atoms with Gasteiger partial charge in [-0.15, -0.1) is 0 Å². The minimum absolute atomic E-state index is 0.171. The van der Waals surface area contributed by atoms with Crippen molar-refractivity contribution in [3.63, 3.8) is 0 Å². The zero-order valence-electron chi connectivity index (χ0n) is 12.2. The van der Waals surface area contributed by atoms with Crippen LogP contribution in [-0.2, 0) is 4.79 Å². The van der Waals surface area contributed by atoms with Crippen LogP contribution in [-0.4, -0.2) is 29.8 Å². The van der Waals surface area contributed by atoms with Gasteiger partial charge in [-0.05, 0) is 35.9 Å². The molecule has 124 valence electrons. The Morgan fingerprint density at radius 1 is 1.17 bits per heavy atom. The summed E-state index contributed by atoms with van der Waals surface area (Å²) < 4.78 is 5.26. The number of rotatable bonds is 6. The second-order valence-electron chi connectivity index (χ2n) is 4.58. The third-order valence-electron chi connectivity index (χ3n) is 2.81. The first kappa shape index (κ1) is 17.8. The van der Waals surface area contributed by atoms with Crippen molar-refractivity contribution >= 4 is 41.3 Å². The van der Waals surface area contributed by atoms with Crippen molar-refractivity contribution in [1.29, 1.82) is 0 Å². The summed E-state index contributed by atoms with van der Waals surface area (Å²) in [6.07, 6.45) is 1.39. The first-order valence-corrected chi connectivity index (χ1v) is 7.44. The lowest BCUT2D eigenvalue weighted by Gasteiger charge is -2.06. The summed E-state index contributed by atoms with van der Waals surface area (Å²) in [6, 6.07) is 10.7. The first-order valence-electron chi connectivity index (χ1n) is 6.69. The number of carboxylic acids is 1. The summed E-state index contributed by atoms with van der Waals surface area (Å²) in [6.45, 7) is -0.267. The third-order valence-corrected chi connectivity index (χ3v) is 3.34. The van der Waals surface area contributed by atoms with Crippen LogP contribution < -0.4 is 10.2 Å². The van der Waals surface area contributed by atoms with Gasteiger partial charge in [0.2, 0.25) is 0 Å². The maximum absolute atomic E-state index is 11.6. The Labute approximate surface area is 147 Å². The molecule has 1 amide bonds. The molecule has 2 aromatic rings. The van der Waals surface area contributed by atoms with E-state index < -0.39 is 11.9 Å². The number of aromatic carboxylic acids is 1. The van der Waals surface area contributed by atoms with Crippen LogP contribution in [0, 0.1) is 0 Å². The quantitative estimate of drug-likeness (QED) is 0.606. The van der Waals surface area contributed by atoms with Crippen molar-refractivity contribution in [3.05, 3.63) is 63.6 Å². The van der Waals surface area contributed by atoms with Crippen LogP contribution in [0.25, 0.3) is 0 Å². The number of amides is 1. The van der Waals surface area contributed by atoms with Gasteiger partial charge in [0.1, 0.15) is 5.75 Å². The van der Waals surface area contributed by atoms with Crippen LogP contribution >= 0.6 is 23.2 Å². The number of hydrogen-bond acceptors (Lipinski definition) is 4. The monoisotopic (exact) mass is 366 g/mol. The Morgan fingerprint density at radius 2 is 1.88 bits per heavy atom. The molecule has 0 fully saturated rings. The fraction of sp³-hybridized carbons (Fsp3) is 0.0625. The van der Waals surface area contributed by atoms with E-state index in [1.165, 1.54) is 24.4 Å². The molecule has 0 aliphatic rings. The SMILES string of the molecule is O=C(COc1ccc(Cl)cc1Cl)NN=Cc1ccc(C(=O)O)cc1. The summed E-state index contributed by atoms with van der Waals surface area (Å²) in [5.74, 6) is -1.14. The van der Waals surface area contributed by atoms with Gasteiger partial charge < -0.3 is 9.84 Å². The minimum atomic E-state index is -1.01. The summed E-state index contributed by atoms with van der Waals surface area (Å²) in [4.78, 5) is 22.4.